The van der Waals surface area contributed by atoms with Gasteiger partial charge >= 0.3 is 7.12 Å². The Kier molecular flexibility index (Phi) is 4.15. The zero-order valence-electron chi connectivity index (χ0n) is 13.0. The maximum Gasteiger partial charge on any atom is 0.486 e. The van der Waals surface area contributed by atoms with E-state index in [1.54, 1.807) is 7.11 Å². The van der Waals surface area contributed by atoms with Gasteiger partial charge in [0.05, 0.1) is 16.8 Å². The maximum absolute atomic E-state index is 5.98. The number of hydrogen-bond acceptors (Lipinski definition) is 3. The molecule has 1 saturated heterocycles. The summed E-state index contributed by atoms with van der Waals surface area (Å²) in [4.78, 5) is 0. The predicted octanol–water partition coefficient (Wildman–Crippen LogP) is 3.52. The molecule has 108 valence electrons. The molecule has 4 heteroatoms. The van der Waals surface area contributed by atoms with Gasteiger partial charge in [-0.2, -0.15) is 0 Å². The van der Waals surface area contributed by atoms with Crippen molar-refractivity contribution in [1.29, 1.82) is 0 Å². The summed E-state index contributed by atoms with van der Waals surface area (Å²) in [6, 6.07) is 0. The minimum atomic E-state index is -0.269. The highest BCUT2D eigenvalue weighted by atomic mass is 16.7. The third kappa shape index (κ3) is 3.06. The molecule has 0 N–H and O–H groups in total. The van der Waals surface area contributed by atoms with Crippen LogP contribution in [0.5, 0.6) is 0 Å². The van der Waals surface area contributed by atoms with Crippen LogP contribution in [0.25, 0.3) is 0 Å². The maximum atomic E-state index is 5.98. The first kappa shape index (κ1) is 15.1. The van der Waals surface area contributed by atoms with Crippen LogP contribution in [0.4, 0.5) is 0 Å². The Balaban J connectivity index is 2.03. The van der Waals surface area contributed by atoms with Gasteiger partial charge in [0.25, 0.3) is 0 Å². The molecule has 0 spiro atoms. The van der Waals surface area contributed by atoms with Crippen molar-refractivity contribution < 1.29 is 14.0 Å². The fourth-order valence-electron chi connectivity index (χ4n) is 2.81. The minimum Gasteiger partial charge on any atom is -0.400 e. The third-order valence-corrected chi connectivity index (χ3v) is 4.94. The highest BCUT2D eigenvalue weighted by Gasteiger charge is 2.50. The van der Waals surface area contributed by atoms with Crippen LogP contribution in [0.3, 0.4) is 0 Å². The first-order valence-electron chi connectivity index (χ1n) is 7.40. The van der Waals surface area contributed by atoms with E-state index < -0.39 is 0 Å². The van der Waals surface area contributed by atoms with E-state index in [9.17, 15) is 0 Å². The van der Waals surface area contributed by atoms with E-state index in [-0.39, 0.29) is 23.9 Å². The SMILES string of the molecule is COC1(/C=C/B2OC(C)(C)C(C)(C)O2)CCCCC1. The second kappa shape index (κ2) is 5.23. The molecule has 2 rings (SSSR count). The van der Waals surface area contributed by atoms with Crippen molar-refractivity contribution in [3.63, 3.8) is 0 Å². The molecule has 0 radical (unpaired) electrons. The summed E-state index contributed by atoms with van der Waals surface area (Å²) in [6.07, 6.45) is 8.14. The van der Waals surface area contributed by atoms with Crippen LogP contribution in [0.15, 0.2) is 12.1 Å². The lowest BCUT2D eigenvalue weighted by atomic mass is 9.80. The van der Waals surface area contributed by atoms with Crippen molar-refractivity contribution in [3.8, 4) is 0 Å². The van der Waals surface area contributed by atoms with Gasteiger partial charge in [-0.3, -0.25) is 0 Å². The topological polar surface area (TPSA) is 27.7 Å². The van der Waals surface area contributed by atoms with E-state index in [0.717, 1.165) is 12.8 Å². The summed E-state index contributed by atoms with van der Waals surface area (Å²) >= 11 is 0. The Morgan fingerprint density at radius 2 is 1.47 bits per heavy atom. The molecule has 2 fully saturated rings. The number of hydrogen-bond donors (Lipinski definition) is 0. The molecular formula is C15H27BO3. The molecule has 0 amide bonds. The standard InChI is InChI=1S/C15H27BO3/c1-13(2)14(3,4)19-16(18-13)12-11-15(17-5)9-7-6-8-10-15/h11-12H,6-10H2,1-5H3/b12-11+. The first-order chi connectivity index (χ1) is 8.80. The third-order valence-electron chi connectivity index (χ3n) is 4.94. The Hall–Kier alpha value is -0.315. The van der Waals surface area contributed by atoms with Crippen molar-refractivity contribution in [3.05, 3.63) is 12.1 Å². The van der Waals surface area contributed by atoms with Crippen LogP contribution in [0.1, 0.15) is 59.8 Å². The van der Waals surface area contributed by atoms with Crippen LogP contribution >= 0.6 is 0 Å². The highest BCUT2D eigenvalue weighted by Crippen LogP contribution is 2.38. The zero-order valence-corrected chi connectivity index (χ0v) is 13.0. The molecular weight excluding hydrogens is 239 g/mol. The molecule has 19 heavy (non-hydrogen) atoms. The van der Waals surface area contributed by atoms with Crippen LogP contribution in [0, 0.1) is 0 Å². The highest BCUT2D eigenvalue weighted by molar-refractivity contribution is 6.51. The van der Waals surface area contributed by atoms with Crippen molar-refractivity contribution in [2.24, 2.45) is 0 Å². The van der Waals surface area contributed by atoms with Gasteiger partial charge in [0.1, 0.15) is 0 Å². The molecule has 1 heterocycles. The lowest BCUT2D eigenvalue weighted by molar-refractivity contribution is 0.00199. The fourth-order valence-corrected chi connectivity index (χ4v) is 2.81. The average molecular weight is 266 g/mol. The predicted molar refractivity (Wildman–Crippen MR) is 78.0 cm³/mol. The van der Waals surface area contributed by atoms with Gasteiger partial charge in [-0.15, -0.1) is 0 Å². The van der Waals surface area contributed by atoms with E-state index in [1.807, 2.05) is 5.98 Å². The van der Waals surface area contributed by atoms with Gasteiger partial charge in [-0.05, 0) is 40.5 Å². The first-order valence-corrected chi connectivity index (χ1v) is 7.40. The summed E-state index contributed by atoms with van der Waals surface area (Å²) in [5, 5.41) is 0. The summed E-state index contributed by atoms with van der Waals surface area (Å²) in [7, 11) is 1.54. The van der Waals surface area contributed by atoms with Crippen LogP contribution < -0.4 is 0 Å². The Morgan fingerprint density at radius 1 is 0.947 bits per heavy atom. The number of rotatable bonds is 3. The average Bonchev–Trinajstić information content (AvgIpc) is 2.57. The Morgan fingerprint density at radius 3 is 1.95 bits per heavy atom. The summed E-state index contributed by atoms with van der Waals surface area (Å²) in [5.74, 6) is 2.03. The van der Waals surface area contributed by atoms with Gasteiger partial charge in [-0.25, -0.2) is 0 Å². The zero-order chi connectivity index (χ0) is 14.1. The summed E-state index contributed by atoms with van der Waals surface area (Å²) in [6.45, 7) is 8.31. The number of ether oxygens (including phenoxy) is 1. The van der Waals surface area contributed by atoms with Gasteiger partial charge in [0.2, 0.25) is 0 Å². The van der Waals surface area contributed by atoms with Crippen molar-refractivity contribution >= 4 is 7.12 Å². The Labute approximate surface area is 117 Å². The molecule has 0 atom stereocenters. The summed E-state index contributed by atoms with van der Waals surface area (Å²) in [5.41, 5.74) is -0.647. The van der Waals surface area contributed by atoms with Gasteiger partial charge in [0.15, 0.2) is 0 Å². The van der Waals surface area contributed by atoms with Crippen LogP contribution in [-0.2, 0) is 14.0 Å². The molecule has 2 aliphatic rings. The molecule has 3 nitrogen and oxygen atoms in total. The molecule has 1 aliphatic carbocycles. The van der Waals surface area contributed by atoms with Crippen LogP contribution in [-0.4, -0.2) is 31.0 Å². The van der Waals surface area contributed by atoms with E-state index in [4.69, 9.17) is 14.0 Å². The Bertz CT molecular complexity index is 327. The van der Waals surface area contributed by atoms with E-state index in [0.29, 0.717) is 0 Å². The largest absolute Gasteiger partial charge is 0.486 e. The molecule has 0 aromatic carbocycles. The lowest BCUT2D eigenvalue weighted by Crippen LogP contribution is -2.41. The monoisotopic (exact) mass is 266 g/mol. The molecule has 0 unspecified atom stereocenters. The normalized spacial score (nSPS) is 29.0. The quantitative estimate of drug-likeness (QED) is 0.731. The summed E-state index contributed by atoms with van der Waals surface area (Å²) < 4.78 is 17.7. The van der Waals surface area contributed by atoms with Gasteiger partial charge in [0, 0.05) is 7.11 Å². The molecule has 0 aromatic rings. The smallest absolute Gasteiger partial charge is 0.400 e. The van der Waals surface area contributed by atoms with E-state index >= 15 is 0 Å². The van der Waals surface area contributed by atoms with E-state index in [1.165, 1.54) is 19.3 Å². The molecule has 0 bridgehead atoms. The molecule has 1 aliphatic heterocycles. The van der Waals surface area contributed by atoms with Crippen molar-refractivity contribution in [2.75, 3.05) is 7.11 Å². The second-order valence-corrected chi connectivity index (χ2v) is 6.81. The van der Waals surface area contributed by atoms with Gasteiger partial charge in [-0.1, -0.05) is 31.3 Å². The van der Waals surface area contributed by atoms with Crippen molar-refractivity contribution in [2.45, 2.75) is 76.6 Å². The van der Waals surface area contributed by atoms with Crippen LogP contribution in [0.2, 0.25) is 0 Å². The second-order valence-electron chi connectivity index (χ2n) is 6.81. The fraction of sp³-hybridized carbons (Fsp3) is 0.867. The van der Waals surface area contributed by atoms with Gasteiger partial charge < -0.3 is 14.0 Å². The minimum absolute atomic E-state index is 0.109. The number of methoxy groups -OCH3 is 1. The lowest BCUT2D eigenvalue weighted by Gasteiger charge is -2.33. The molecule has 0 aromatic heterocycles. The molecule has 1 saturated carbocycles. The van der Waals surface area contributed by atoms with E-state index in [2.05, 4.69) is 33.8 Å². The van der Waals surface area contributed by atoms with Crippen molar-refractivity contribution in [1.82, 2.24) is 0 Å².